The van der Waals surface area contributed by atoms with E-state index in [0.29, 0.717) is 32.3 Å². The second-order valence-corrected chi connectivity index (χ2v) is 9.85. The van der Waals surface area contributed by atoms with Gasteiger partial charge in [-0.3, -0.25) is 25.8 Å². The average molecular weight is 569 g/mol. The number of fused-ring (bicyclic) bond motifs is 1. The van der Waals surface area contributed by atoms with E-state index in [1.807, 2.05) is 24.3 Å². The van der Waals surface area contributed by atoms with Crippen molar-refractivity contribution in [2.24, 2.45) is 0 Å². The molecule has 174 valence electrons. The number of ether oxygens (including phenoxy) is 1. The number of thiocarbonyl (C=S) groups is 1. The average Bonchev–Trinajstić information content (AvgIpc) is 3.15. The molecule has 0 aliphatic carbocycles. The van der Waals surface area contributed by atoms with Crippen molar-refractivity contribution in [1.29, 1.82) is 0 Å². The Morgan fingerprint density at radius 1 is 1.09 bits per heavy atom. The van der Waals surface area contributed by atoms with Gasteiger partial charge in [0.1, 0.15) is 10.6 Å². The molecule has 0 bridgehead atoms. The quantitative estimate of drug-likeness (QED) is 0.171. The lowest BCUT2D eigenvalue weighted by atomic mass is 10.2. The van der Waals surface area contributed by atoms with Crippen molar-refractivity contribution in [3.8, 4) is 5.75 Å². The zero-order valence-corrected chi connectivity index (χ0v) is 21.8. The summed E-state index contributed by atoms with van der Waals surface area (Å²) in [5, 5.41) is 3.68. The van der Waals surface area contributed by atoms with Gasteiger partial charge in [0.15, 0.2) is 5.11 Å². The first kappa shape index (κ1) is 25.4. The van der Waals surface area contributed by atoms with Crippen LogP contribution in [0, 0.1) is 0 Å². The molecule has 0 unspecified atom stereocenters. The second-order valence-electron chi connectivity index (χ2n) is 7.16. The van der Waals surface area contributed by atoms with Gasteiger partial charge in [0.05, 0.1) is 16.1 Å². The van der Waals surface area contributed by atoms with Gasteiger partial charge in [0.25, 0.3) is 11.8 Å². The summed E-state index contributed by atoms with van der Waals surface area (Å²) in [4.78, 5) is 25.3. The number of unbranched alkanes of at least 4 members (excludes halogenated alkanes) is 3. The molecule has 6 nitrogen and oxygen atoms in total. The summed E-state index contributed by atoms with van der Waals surface area (Å²) in [5.74, 6) is -0.186. The van der Waals surface area contributed by atoms with Crippen LogP contribution >= 0.6 is 51.1 Å². The van der Waals surface area contributed by atoms with E-state index in [9.17, 15) is 9.59 Å². The highest BCUT2D eigenvalue weighted by Gasteiger charge is 2.17. The molecule has 3 rings (SSSR count). The van der Waals surface area contributed by atoms with Crippen molar-refractivity contribution < 1.29 is 14.3 Å². The summed E-state index contributed by atoms with van der Waals surface area (Å²) < 4.78 is 7.35. The Labute approximate surface area is 215 Å². The van der Waals surface area contributed by atoms with Crippen LogP contribution in [0.2, 0.25) is 5.02 Å². The van der Waals surface area contributed by atoms with Crippen molar-refractivity contribution in [3.63, 3.8) is 0 Å². The predicted octanol–water partition coefficient (Wildman–Crippen LogP) is 6.23. The molecule has 0 saturated heterocycles. The number of amides is 2. The molecule has 1 aromatic heterocycles. The molecule has 2 amide bonds. The largest absolute Gasteiger partial charge is 0.492 e. The maximum Gasteiger partial charge on any atom is 0.281 e. The van der Waals surface area contributed by atoms with Gasteiger partial charge in [-0.2, -0.15) is 0 Å². The first-order chi connectivity index (χ1) is 15.9. The van der Waals surface area contributed by atoms with Gasteiger partial charge in [-0.25, -0.2) is 0 Å². The molecule has 10 heteroatoms. The Bertz CT molecular complexity index is 1170. The van der Waals surface area contributed by atoms with E-state index in [0.717, 1.165) is 22.9 Å². The van der Waals surface area contributed by atoms with Crippen LogP contribution in [0.4, 0.5) is 0 Å². The van der Waals surface area contributed by atoms with Crippen LogP contribution in [0.15, 0.2) is 46.9 Å². The fourth-order valence-electron chi connectivity index (χ4n) is 3.01. The molecule has 0 aliphatic rings. The molecule has 0 spiro atoms. The highest BCUT2D eigenvalue weighted by atomic mass is 79.9. The van der Waals surface area contributed by atoms with Gasteiger partial charge in [0.2, 0.25) is 0 Å². The second kappa shape index (κ2) is 12.3. The van der Waals surface area contributed by atoms with Gasteiger partial charge >= 0.3 is 0 Å². The number of benzene rings is 2. The van der Waals surface area contributed by atoms with Crippen LogP contribution in [0.3, 0.4) is 0 Å². The summed E-state index contributed by atoms with van der Waals surface area (Å²) >= 11 is 16.2. The maximum absolute atomic E-state index is 12.5. The minimum Gasteiger partial charge on any atom is -0.492 e. The third kappa shape index (κ3) is 6.89. The first-order valence-corrected chi connectivity index (χ1v) is 12.8. The van der Waals surface area contributed by atoms with Gasteiger partial charge in [-0.05, 0) is 58.8 Å². The van der Waals surface area contributed by atoms with Gasteiger partial charge in [0, 0.05) is 15.6 Å². The molecular weight excluding hydrogens is 546 g/mol. The number of hydrogen-bond donors (Lipinski definition) is 3. The predicted molar refractivity (Wildman–Crippen MR) is 141 cm³/mol. The summed E-state index contributed by atoms with van der Waals surface area (Å²) in [5.41, 5.74) is 5.39. The van der Waals surface area contributed by atoms with Crippen LogP contribution in [-0.4, -0.2) is 23.5 Å². The van der Waals surface area contributed by atoms with Crippen molar-refractivity contribution in [2.45, 2.75) is 32.6 Å². The van der Waals surface area contributed by atoms with Crippen LogP contribution in [-0.2, 0) is 0 Å². The lowest BCUT2D eigenvalue weighted by Gasteiger charge is -2.12. The van der Waals surface area contributed by atoms with E-state index >= 15 is 0 Å². The van der Waals surface area contributed by atoms with E-state index in [4.69, 9.17) is 28.6 Å². The van der Waals surface area contributed by atoms with Crippen molar-refractivity contribution >= 4 is 78.1 Å². The molecule has 0 radical (unpaired) electrons. The molecule has 0 aliphatic heterocycles. The molecule has 0 atom stereocenters. The Balaban J connectivity index is 1.50. The Morgan fingerprint density at radius 3 is 2.61 bits per heavy atom. The molecule has 2 aromatic carbocycles. The van der Waals surface area contributed by atoms with Crippen molar-refractivity contribution in [3.05, 3.63) is 62.4 Å². The van der Waals surface area contributed by atoms with Crippen molar-refractivity contribution in [2.75, 3.05) is 6.61 Å². The molecular formula is C23H23BrClN3O3S2. The summed E-state index contributed by atoms with van der Waals surface area (Å²) in [7, 11) is 0. The van der Waals surface area contributed by atoms with E-state index in [1.165, 1.54) is 24.2 Å². The van der Waals surface area contributed by atoms with E-state index in [-0.39, 0.29) is 5.11 Å². The number of halogens is 2. The topological polar surface area (TPSA) is 79.5 Å². The van der Waals surface area contributed by atoms with Crippen LogP contribution < -0.4 is 20.9 Å². The number of rotatable bonds is 8. The van der Waals surface area contributed by atoms with Crippen LogP contribution in [0.25, 0.3) is 10.1 Å². The van der Waals surface area contributed by atoms with E-state index < -0.39 is 11.8 Å². The number of nitrogens with one attached hydrogen (secondary N) is 3. The number of thiophene rings is 1. The third-order valence-corrected chi connectivity index (χ3v) is 7.21. The minimum absolute atomic E-state index is 0.0436. The molecule has 1 heterocycles. The molecule has 33 heavy (non-hydrogen) atoms. The summed E-state index contributed by atoms with van der Waals surface area (Å²) in [6, 6.07) is 12.5. The zero-order valence-electron chi connectivity index (χ0n) is 17.9. The fraction of sp³-hybridized carbons (Fsp3) is 0.261. The Morgan fingerprint density at radius 2 is 1.88 bits per heavy atom. The number of hydrazine groups is 1. The van der Waals surface area contributed by atoms with Gasteiger partial charge in [-0.1, -0.05) is 56.0 Å². The van der Waals surface area contributed by atoms with E-state index in [1.54, 1.807) is 18.2 Å². The molecule has 3 aromatic rings. The number of carbonyl (C=O) groups excluding carboxylic acids is 2. The maximum atomic E-state index is 12.5. The highest BCUT2D eigenvalue weighted by molar-refractivity contribution is 9.10. The van der Waals surface area contributed by atoms with Gasteiger partial charge in [-0.15, -0.1) is 11.3 Å². The lowest BCUT2D eigenvalue weighted by Crippen LogP contribution is -2.48. The SMILES string of the molecule is CCCCCCOc1ccc(C(=O)NC(=S)NNC(=O)c2sc3ccccc3c2Cl)cc1Br. The monoisotopic (exact) mass is 567 g/mol. The zero-order chi connectivity index (χ0) is 23.8. The standard InChI is InChI=1S/C23H23BrClN3O3S2/c1-2-3-4-7-12-31-17-11-10-14(13-16(17)24)21(29)26-23(32)28-27-22(30)20-19(25)15-8-5-6-9-18(15)33-20/h5-6,8-11,13H,2-4,7,12H2,1H3,(H,27,30)(H2,26,28,29,32). The smallest absolute Gasteiger partial charge is 0.281 e. The van der Waals surface area contributed by atoms with Crippen molar-refractivity contribution in [1.82, 2.24) is 16.2 Å². The lowest BCUT2D eigenvalue weighted by molar-refractivity contribution is 0.0938. The highest BCUT2D eigenvalue weighted by Crippen LogP contribution is 2.34. The Hall–Kier alpha value is -2.20. The van der Waals surface area contributed by atoms with Gasteiger partial charge < -0.3 is 4.74 Å². The summed E-state index contributed by atoms with van der Waals surface area (Å²) in [6.45, 7) is 2.79. The number of carbonyl (C=O) groups is 2. The minimum atomic E-state index is -0.444. The molecule has 3 N–H and O–H groups in total. The molecule has 0 fully saturated rings. The normalized spacial score (nSPS) is 10.6. The Kier molecular flexibility index (Phi) is 9.49. The number of hydrogen-bond acceptors (Lipinski definition) is 5. The van der Waals surface area contributed by atoms with Crippen LogP contribution in [0.1, 0.15) is 52.6 Å². The summed E-state index contributed by atoms with van der Waals surface area (Å²) in [6.07, 6.45) is 4.48. The van der Waals surface area contributed by atoms with Crippen LogP contribution in [0.5, 0.6) is 5.75 Å². The first-order valence-electron chi connectivity index (χ1n) is 10.4. The fourth-order valence-corrected chi connectivity index (χ4v) is 5.06. The van der Waals surface area contributed by atoms with E-state index in [2.05, 4.69) is 39.0 Å². The molecule has 0 saturated carbocycles. The third-order valence-electron chi connectivity index (χ3n) is 4.71.